The third-order valence-electron chi connectivity index (χ3n) is 13.3. The van der Waals surface area contributed by atoms with Gasteiger partial charge in [-0.25, -0.2) is 32.0 Å². The summed E-state index contributed by atoms with van der Waals surface area (Å²) in [5, 5.41) is 12.3. The van der Waals surface area contributed by atoms with Crippen LogP contribution in [0.5, 0.6) is 17.2 Å². The molecule has 0 aliphatic carbocycles. The quantitative estimate of drug-likeness (QED) is 0.150. The Bertz CT molecular complexity index is 2480. The number of nitrogens with zero attached hydrogens (tertiary/aromatic N) is 7. The minimum absolute atomic E-state index is 0.0316. The number of anilines is 2. The van der Waals surface area contributed by atoms with Crippen molar-refractivity contribution in [2.24, 2.45) is 4.99 Å². The third kappa shape index (κ3) is 9.46. The summed E-state index contributed by atoms with van der Waals surface area (Å²) in [6.07, 6.45) is 5.04. The number of imide groups is 1. The van der Waals surface area contributed by atoms with E-state index in [-0.39, 0.29) is 94.4 Å². The summed E-state index contributed by atoms with van der Waals surface area (Å²) in [7, 11) is 3.42. The number of quaternary nitrogens is 1. The van der Waals surface area contributed by atoms with E-state index in [4.69, 9.17) is 13.7 Å². The van der Waals surface area contributed by atoms with Gasteiger partial charge in [-0.15, -0.1) is 3.89 Å². The molecule has 3 atom stereocenters. The van der Waals surface area contributed by atoms with Gasteiger partial charge in [-0.2, -0.15) is 5.26 Å². The first kappa shape index (κ1) is 46.0. The highest BCUT2D eigenvalue weighted by molar-refractivity contribution is 7.89. The van der Waals surface area contributed by atoms with Crippen LogP contribution in [0.4, 0.5) is 30.1 Å². The van der Waals surface area contributed by atoms with Gasteiger partial charge in [-0.05, 0) is 86.7 Å². The summed E-state index contributed by atoms with van der Waals surface area (Å²) < 4.78 is 63.0. The van der Waals surface area contributed by atoms with Crippen LogP contribution in [-0.4, -0.2) is 131 Å². The Morgan fingerprint density at radius 2 is 1.89 bits per heavy atom. The Labute approximate surface area is 382 Å². The lowest BCUT2D eigenvalue weighted by atomic mass is 9.86. The number of halogens is 2. The van der Waals surface area contributed by atoms with E-state index in [0.717, 1.165) is 24.5 Å². The molecule has 2 N–H and O–H groups in total. The Balaban J connectivity index is 0.849. The molecule has 0 aromatic heterocycles. The van der Waals surface area contributed by atoms with Crippen LogP contribution >= 0.6 is 12.4 Å². The Morgan fingerprint density at radius 1 is 1.12 bits per heavy atom. The predicted octanol–water partition coefficient (Wildman–Crippen LogP) is 6.08. The van der Waals surface area contributed by atoms with Crippen molar-refractivity contribution < 1.29 is 49.8 Å². The fourth-order valence-corrected chi connectivity index (χ4v) is 10.2. The summed E-state index contributed by atoms with van der Waals surface area (Å²) in [6.45, 7) is 5.41. The van der Waals surface area contributed by atoms with Gasteiger partial charge in [-0.3, -0.25) is 29.4 Å². The van der Waals surface area contributed by atoms with Crippen molar-refractivity contribution >= 4 is 70.8 Å². The molecule has 0 saturated carbocycles. The first-order valence-corrected chi connectivity index (χ1v) is 23.2. The number of hydrogen-bond donors (Lipinski definition) is 2. The van der Waals surface area contributed by atoms with E-state index in [1.54, 1.807) is 44.7 Å². The number of rotatable bonds is 13. The first-order valence-electron chi connectivity index (χ1n) is 21.5. The van der Waals surface area contributed by atoms with Crippen LogP contribution < -0.4 is 23.9 Å². The molecule has 344 valence electrons. The summed E-state index contributed by atoms with van der Waals surface area (Å²) >= 11 is -1.95. The van der Waals surface area contributed by atoms with Crippen LogP contribution in [0.2, 0.25) is 0 Å². The maximum absolute atomic E-state index is 15.2. The number of fused-ring (bicyclic) bond motifs is 1. The van der Waals surface area contributed by atoms with Crippen molar-refractivity contribution in [3.8, 4) is 23.3 Å². The first-order chi connectivity index (χ1) is 31.2. The lowest BCUT2D eigenvalue weighted by Crippen LogP contribution is -2.57. The molecule has 0 radical (unpaired) electrons. The summed E-state index contributed by atoms with van der Waals surface area (Å²) in [5.74, 6) is -1.24. The average molecular weight is 935 g/mol. The molecule has 5 aliphatic rings. The number of nitrogens with one attached hydrogen (secondary N) is 2. The van der Waals surface area contributed by atoms with E-state index < -0.39 is 28.6 Å². The molecule has 3 aromatic rings. The average Bonchev–Trinajstić information content (AvgIpc) is 3.73. The van der Waals surface area contributed by atoms with Gasteiger partial charge in [-0.1, -0.05) is 13.0 Å². The van der Waals surface area contributed by atoms with Crippen molar-refractivity contribution in [1.29, 1.82) is 5.26 Å². The molecule has 0 bridgehead atoms. The highest BCUT2D eigenvalue weighted by atomic mass is 32.2. The predicted molar refractivity (Wildman–Crippen MR) is 239 cm³/mol. The van der Waals surface area contributed by atoms with Crippen molar-refractivity contribution in [1.82, 2.24) is 19.4 Å². The molecular weight excluding hydrogens is 885 g/mol. The second-order valence-electron chi connectivity index (χ2n) is 17.1. The number of piperidine rings is 2. The van der Waals surface area contributed by atoms with Crippen LogP contribution in [0.1, 0.15) is 72.9 Å². The molecule has 65 heavy (non-hydrogen) atoms. The smallest absolute Gasteiger partial charge is 0.354 e. The SMILES string of the molecule is CCN(C)S(=O)Nc1ccc(F)c(Oc2ccc3c(c2)C(=O)[N+](C)(C2COC4(CCN(C(=O)CN5CCC(c6ccc(N7CCC(=O)NC7=O)cc6OSF)CC5)CC4)C2)C=N3)c1C#N. The van der Waals surface area contributed by atoms with Gasteiger partial charge in [0.25, 0.3) is 12.4 Å². The van der Waals surface area contributed by atoms with Crippen molar-refractivity contribution in [2.45, 2.75) is 63.0 Å². The number of carbonyl (C=O) groups is 4. The minimum Gasteiger partial charge on any atom is -0.453 e. The van der Waals surface area contributed by atoms with Crippen LogP contribution in [0.25, 0.3) is 0 Å². The molecule has 3 unspecified atom stereocenters. The fourth-order valence-electron chi connectivity index (χ4n) is 9.19. The van der Waals surface area contributed by atoms with E-state index in [2.05, 4.69) is 19.9 Å². The number of carbonyl (C=O) groups excluding carboxylic acids is 4. The second kappa shape index (κ2) is 19.1. The highest BCUT2D eigenvalue weighted by Crippen LogP contribution is 2.43. The molecule has 1 spiro atoms. The molecule has 4 fully saturated rings. The van der Waals surface area contributed by atoms with Crippen LogP contribution in [-0.2, 0) is 25.5 Å². The summed E-state index contributed by atoms with van der Waals surface area (Å²) in [4.78, 5) is 62.0. The van der Waals surface area contributed by atoms with Gasteiger partial charge in [0.15, 0.2) is 29.1 Å². The molecule has 4 saturated heterocycles. The monoisotopic (exact) mass is 934 g/mol. The van der Waals surface area contributed by atoms with E-state index in [1.807, 2.05) is 24.0 Å². The molecule has 3 aromatic carbocycles. The maximum atomic E-state index is 15.2. The number of urea groups is 1. The van der Waals surface area contributed by atoms with Crippen molar-refractivity contribution in [3.05, 3.63) is 71.0 Å². The lowest BCUT2D eigenvalue weighted by Gasteiger charge is -2.40. The maximum Gasteiger partial charge on any atom is 0.354 e. The van der Waals surface area contributed by atoms with Crippen LogP contribution in [0, 0.1) is 17.1 Å². The zero-order valence-electron chi connectivity index (χ0n) is 36.2. The van der Waals surface area contributed by atoms with E-state index in [0.29, 0.717) is 75.7 Å². The summed E-state index contributed by atoms with van der Waals surface area (Å²) in [5.41, 5.74) is 1.45. The van der Waals surface area contributed by atoms with Gasteiger partial charge < -0.3 is 18.6 Å². The van der Waals surface area contributed by atoms with E-state index in [1.165, 1.54) is 21.3 Å². The second-order valence-corrected chi connectivity index (χ2v) is 18.7. The van der Waals surface area contributed by atoms with Gasteiger partial charge >= 0.3 is 11.9 Å². The zero-order valence-corrected chi connectivity index (χ0v) is 37.9. The zero-order chi connectivity index (χ0) is 46.0. The van der Waals surface area contributed by atoms with E-state index >= 15 is 4.39 Å². The highest BCUT2D eigenvalue weighted by Gasteiger charge is 2.53. The standard InChI is InChI=1S/C44H49F2N9O8S2/c1-4-51(2)65(60)50-37-10-8-35(45)41(34(37)24-47)62-31-6-9-36-33(22-31)42(58)55(3,27-48-36)30-23-44(61-26-30)14-19-53(20-15-44)40(57)25-52-16-11-28(12-17-52)32-7-5-29(21-38(32)63-64-46)54-18-13-39(56)49-43(54)59/h5-10,21-22,27-28,30,50H,4,11-20,23,25-26H2,1-3H3/p+1. The fraction of sp³-hybridized carbons (Fsp3) is 0.455. The van der Waals surface area contributed by atoms with Gasteiger partial charge in [0.05, 0.1) is 30.6 Å². The van der Waals surface area contributed by atoms with Crippen molar-refractivity contribution in [3.63, 3.8) is 0 Å². The third-order valence-corrected chi connectivity index (χ3v) is 14.7. The molecule has 17 nitrogen and oxygen atoms in total. The number of nitriles is 1. The molecule has 21 heteroatoms. The largest absolute Gasteiger partial charge is 0.453 e. The number of ether oxygens (including phenoxy) is 2. The molecule has 5 amide bonds. The Hall–Kier alpha value is -5.50. The van der Waals surface area contributed by atoms with Gasteiger partial charge in [0, 0.05) is 57.8 Å². The van der Waals surface area contributed by atoms with E-state index in [9.17, 15) is 32.5 Å². The molecule has 5 heterocycles. The molecule has 8 rings (SSSR count). The Kier molecular flexibility index (Phi) is 13.6. The molecular formula is C44H50F2N9O8S2+. The summed E-state index contributed by atoms with van der Waals surface area (Å²) in [6, 6.07) is 13.5. The number of hydrogen-bond acceptors (Lipinski definition) is 12. The Morgan fingerprint density at radius 3 is 2.60 bits per heavy atom. The van der Waals surface area contributed by atoms with Gasteiger partial charge in [0.2, 0.25) is 11.8 Å². The van der Waals surface area contributed by atoms with Gasteiger partial charge in [0.1, 0.15) is 41.3 Å². The van der Waals surface area contributed by atoms with Crippen molar-refractivity contribution in [2.75, 3.05) is 76.1 Å². The number of benzene rings is 3. The number of likely N-dealkylation sites (tertiary alicyclic amines) is 2. The van der Waals surface area contributed by atoms with Crippen LogP contribution in [0.3, 0.4) is 0 Å². The number of amides is 5. The molecule has 5 aliphatic heterocycles. The normalized spacial score (nSPS) is 22.7. The number of likely N-dealkylation sites (N-methyl/N-ethyl adjacent to an activating group) is 1. The topological polar surface area (TPSA) is 186 Å². The lowest BCUT2D eigenvalue weighted by molar-refractivity contribution is -0.756. The number of aliphatic imine (C=N–C) groups is 1. The van der Waals surface area contributed by atoms with Crippen LogP contribution in [0.15, 0.2) is 53.5 Å². The minimum atomic E-state index is -1.69.